The molecule has 0 fully saturated rings. The number of hydrogen-bond donors (Lipinski definition) is 3. The van der Waals surface area contributed by atoms with Crippen molar-refractivity contribution >= 4 is 22.9 Å². The van der Waals surface area contributed by atoms with Gasteiger partial charge in [-0.1, -0.05) is 0 Å². The molecule has 1 amide bonds. The molecule has 3 aromatic heterocycles. The summed E-state index contributed by atoms with van der Waals surface area (Å²) in [7, 11) is 0. The van der Waals surface area contributed by atoms with E-state index >= 15 is 0 Å². The zero-order valence-electron chi connectivity index (χ0n) is 13.8. The van der Waals surface area contributed by atoms with Gasteiger partial charge in [-0.05, 0) is 32.9 Å². The van der Waals surface area contributed by atoms with Gasteiger partial charge in [0.2, 0.25) is 11.9 Å². The van der Waals surface area contributed by atoms with Gasteiger partial charge < -0.3 is 15.6 Å². The molecular formula is C16H23N7O. The zero-order chi connectivity index (χ0) is 17.2. The summed E-state index contributed by atoms with van der Waals surface area (Å²) >= 11 is 0. The van der Waals surface area contributed by atoms with Crippen LogP contribution < -0.4 is 10.6 Å². The van der Waals surface area contributed by atoms with Crippen LogP contribution >= 0.6 is 0 Å². The minimum atomic E-state index is -0.837. The first-order valence-corrected chi connectivity index (χ1v) is 7.69. The smallest absolute Gasteiger partial charge is 0.245 e. The SMILES string of the molecule is CCNC(=O)C(C)(C)Nc1ncnc(-c2c[nH]c3ncccc23)n1.[HH].[HH]. The van der Waals surface area contributed by atoms with E-state index in [9.17, 15) is 4.79 Å². The van der Waals surface area contributed by atoms with E-state index in [1.54, 1.807) is 20.0 Å². The molecule has 0 aliphatic carbocycles. The number of H-pyrrole nitrogens is 1. The summed E-state index contributed by atoms with van der Waals surface area (Å²) in [5.41, 5.74) is 0.764. The zero-order valence-corrected chi connectivity index (χ0v) is 13.8. The van der Waals surface area contributed by atoms with E-state index in [0.29, 0.717) is 18.3 Å². The lowest BCUT2D eigenvalue weighted by atomic mass is 10.1. The fourth-order valence-electron chi connectivity index (χ4n) is 2.35. The van der Waals surface area contributed by atoms with Gasteiger partial charge in [-0.25, -0.2) is 15.0 Å². The lowest BCUT2D eigenvalue weighted by Crippen LogP contribution is -2.48. The van der Waals surface area contributed by atoms with E-state index in [0.717, 1.165) is 16.6 Å². The summed E-state index contributed by atoms with van der Waals surface area (Å²) in [6.07, 6.45) is 4.96. The molecule has 0 atom stereocenters. The molecule has 0 saturated carbocycles. The topological polar surface area (TPSA) is 108 Å². The van der Waals surface area contributed by atoms with Crippen LogP contribution in [-0.4, -0.2) is 42.9 Å². The minimum Gasteiger partial charge on any atom is -0.354 e. The number of pyridine rings is 1. The van der Waals surface area contributed by atoms with Crippen LogP contribution in [0.5, 0.6) is 0 Å². The van der Waals surface area contributed by atoms with Crippen LogP contribution in [-0.2, 0) is 4.79 Å². The Bertz CT molecular complexity index is 882. The highest BCUT2D eigenvalue weighted by molar-refractivity contribution is 5.91. The van der Waals surface area contributed by atoms with E-state index in [1.165, 1.54) is 6.33 Å². The van der Waals surface area contributed by atoms with Crippen molar-refractivity contribution in [3.05, 3.63) is 30.9 Å². The van der Waals surface area contributed by atoms with E-state index in [1.807, 2.05) is 25.3 Å². The molecule has 3 aromatic rings. The summed E-state index contributed by atoms with van der Waals surface area (Å²) < 4.78 is 0. The Morgan fingerprint density at radius 2 is 2.17 bits per heavy atom. The molecule has 0 unspecified atom stereocenters. The predicted molar refractivity (Wildman–Crippen MR) is 95.5 cm³/mol. The van der Waals surface area contributed by atoms with Gasteiger partial charge in [0.25, 0.3) is 0 Å². The van der Waals surface area contributed by atoms with E-state index < -0.39 is 5.54 Å². The number of anilines is 1. The summed E-state index contributed by atoms with van der Waals surface area (Å²) in [5, 5.41) is 6.77. The van der Waals surface area contributed by atoms with Crippen molar-refractivity contribution in [2.45, 2.75) is 26.3 Å². The van der Waals surface area contributed by atoms with E-state index in [4.69, 9.17) is 0 Å². The van der Waals surface area contributed by atoms with Crippen molar-refractivity contribution < 1.29 is 7.65 Å². The fourth-order valence-corrected chi connectivity index (χ4v) is 2.35. The summed E-state index contributed by atoms with van der Waals surface area (Å²) in [5.74, 6) is 0.733. The molecule has 8 nitrogen and oxygen atoms in total. The largest absolute Gasteiger partial charge is 0.354 e. The highest BCUT2D eigenvalue weighted by Gasteiger charge is 2.28. The number of nitrogens with one attached hydrogen (secondary N) is 3. The number of likely N-dealkylation sites (N-methyl/N-ethyl adjacent to an activating group) is 1. The Balaban J connectivity index is 0.00000169. The van der Waals surface area contributed by atoms with Gasteiger partial charge >= 0.3 is 0 Å². The Kier molecular flexibility index (Phi) is 4.11. The summed E-state index contributed by atoms with van der Waals surface area (Å²) in [6.45, 7) is 5.99. The van der Waals surface area contributed by atoms with Crippen LogP contribution in [0.3, 0.4) is 0 Å². The van der Waals surface area contributed by atoms with Crippen LogP contribution in [0.15, 0.2) is 30.9 Å². The van der Waals surface area contributed by atoms with Crippen molar-refractivity contribution in [1.82, 2.24) is 30.2 Å². The van der Waals surface area contributed by atoms with Gasteiger partial charge in [0.05, 0.1) is 0 Å². The Labute approximate surface area is 142 Å². The van der Waals surface area contributed by atoms with Crippen LogP contribution in [0.1, 0.15) is 23.6 Å². The molecule has 0 saturated heterocycles. The fraction of sp³-hybridized carbons (Fsp3) is 0.312. The van der Waals surface area contributed by atoms with Gasteiger partial charge in [-0.3, -0.25) is 4.79 Å². The highest BCUT2D eigenvalue weighted by atomic mass is 16.2. The van der Waals surface area contributed by atoms with Crippen molar-refractivity contribution in [1.29, 1.82) is 0 Å². The molecule has 0 aliphatic heterocycles. The number of hydrogen-bond acceptors (Lipinski definition) is 6. The first kappa shape index (κ1) is 15.9. The van der Waals surface area contributed by atoms with Crippen molar-refractivity contribution in [2.24, 2.45) is 0 Å². The number of carbonyl (C=O) groups excluding carboxylic acids is 1. The standard InChI is InChI=1S/C16H19N7O.2H2/c1-4-17-14(24)16(2,3)23-15-21-9-20-13(22-15)11-8-19-12-10(11)6-5-7-18-12;;/h5-9H,4H2,1-3H3,(H,17,24)(H,18,19)(H,20,21,22,23);2*1H. The quantitative estimate of drug-likeness (QED) is 0.662. The second-order valence-electron chi connectivity index (χ2n) is 5.84. The van der Waals surface area contributed by atoms with Gasteiger partial charge in [0.1, 0.15) is 17.5 Å². The lowest BCUT2D eigenvalue weighted by Gasteiger charge is -2.24. The monoisotopic (exact) mass is 329 g/mol. The third-order valence-corrected chi connectivity index (χ3v) is 3.59. The van der Waals surface area contributed by atoms with E-state index in [-0.39, 0.29) is 8.76 Å². The molecule has 0 spiro atoms. The maximum absolute atomic E-state index is 12.1. The van der Waals surface area contributed by atoms with Crippen LogP contribution in [0.4, 0.5) is 5.95 Å². The second kappa shape index (κ2) is 6.23. The molecular weight excluding hydrogens is 306 g/mol. The molecule has 24 heavy (non-hydrogen) atoms. The normalized spacial score (nSPS) is 11.5. The van der Waals surface area contributed by atoms with Crippen LogP contribution in [0.25, 0.3) is 22.4 Å². The average Bonchev–Trinajstić information content (AvgIpc) is 2.99. The van der Waals surface area contributed by atoms with Crippen LogP contribution in [0.2, 0.25) is 0 Å². The Hall–Kier alpha value is -3.03. The Morgan fingerprint density at radius 3 is 2.96 bits per heavy atom. The molecule has 8 heteroatoms. The van der Waals surface area contributed by atoms with Crippen LogP contribution in [0, 0.1) is 0 Å². The average molecular weight is 329 g/mol. The molecule has 3 N–H and O–H groups in total. The first-order chi connectivity index (χ1) is 11.5. The number of fused-ring (bicyclic) bond motifs is 1. The van der Waals surface area contributed by atoms with Gasteiger partial charge in [-0.15, -0.1) is 0 Å². The molecule has 128 valence electrons. The second-order valence-corrected chi connectivity index (χ2v) is 5.84. The predicted octanol–water partition coefficient (Wildman–Crippen LogP) is 2.23. The highest BCUT2D eigenvalue weighted by Crippen LogP contribution is 2.25. The number of amides is 1. The van der Waals surface area contributed by atoms with Crippen molar-refractivity contribution in [2.75, 3.05) is 11.9 Å². The van der Waals surface area contributed by atoms with Crippen molar-refractivity contribution in [3.63, 3.8) is 0 Å². The number of rotatable bonds is 5. The first-order valence-electron chi connectivity index (χ1n) is 7.69. The van der Waals surface area contributed by atoms with E-state index in [2.05, 4.69) is 35.6 Å². The molecule has 3 heterocycles. The maximum Gasteiger partial charge on any atom is 0.245 e. The molecule has 0 aliphatic rings. The van der Waals surface area contributed by atoms with Gasteiger partial charge in [-0.2, -0.15) is 4.98 Å². The molecule has 0 bridgehead atoms. The molecule has 3 rings (SSSR count). The third-order valence-electron chi connectivity index (χ3n) is 3.59. The minimum absolute atomic E-state index is 0. The number of aromatic nitrogens is 5. The summed E-state index contributed by atoms with van der Waals surface area (Å²) in [6, 6.07) is 3.81. The maximum atomic E-state index is 12.1. The van der Waals surface area contributed by atoms with Gasteiger partial charge in [0.15, 0.2) is 5.82 Å². The van der Waals surface area contributed by atoms with Crippen molar-refractivity contribution in [3.8, 4) is 11.4 Å². The number of aromatic amines is 1. The Morgan fingerprint density at radius 1 is 1.33 bits per heavy atom. The third kappa shape index (κ3) is 3.03. The lowest BCUT2D eigenvalue weighted by molar-refractivity contribution is -0.124. The number of nitrogens with zero attached hydrogens (tertiary/aromatic N) is 4. The van der Waals surface area contributed by atoms with Gasteiger partial charge in [0, 0.05) is 32.7 Å². The number of carbonyl (C=O) groups is 1. The molecule has 0 radical (unpaired) electrons. The summed E-state index contributed by atoms with van der Waals surface area (Å²) in [4.78, 5) is 32.2. The molecule has 0 aromatic carbocycles.